The second-order valence-electron chi connectivity index (χ2n) is 7.61. The van der Waals surface area contributed by atoms with Crippen LogP contribution in [0, 0.1) is 11.3 Å². The standard InChI is InChI=1S/C21H36O4/c1-2-11-18(13-14-20(24)25)21(16-9-6-10-17-21)15-8-5-3-4-7-12-19(22)23/h9,16,18H,2-8,10-15,17H2,1H3,(H,22,23)(H,24,25). The van der Waals surface area contributed by atoms with E-state index >= 15 is 0 Å². The van der Waals surface area contributed by atoms with Crippen molar-refractivity contribution in [2.75, 3.05) is 0 Å². The lowest BCUT2D eigenvalue weighted by atomic mass is 9.64. The summed E-state index contributed by atoms with van der Waals surface area (Å²) in [4.78, 5) is 21.6. The molecule has 0 spiro atoms. The molecule has 0 aliphatic heterocycles. The molecular weight excluding hydrogens is 316 g/mol. The highest BCUT2D eigenvalue weighted by molar-refractivity contribution is 5.66. The molecule has 2 N–H and O–H groups in total. The molecule has 2 unspecified atom stereocenters. The van der Waals surface area contributed by atoms with Gasteiger partial charge in [0.05, 0.1) is 0 Å². The number of unbranched alkanes of at least 4 members (excludes halogenated alkanes) is 4. The number of hydrogen-bond donors (Lipinski definition) is 2. The molecule has 0 saturated carbocycles. The number of carboxylic acid groups (broad SMARTS) is 2. The van der Waals surface area contributed by atoms with Crippen LogP contribution >= 0.6 is 0 Å². The van der Waals surface area contributed by atoms with Crippen molar-refractivity contribution >= 4 is 11.9 Å². The van der Waals surface area contributed by atoms with Crippen LogP contribution in [0.3, 0.4) is 0 Å². The monoisotopic (exact) mass is 352 g/mol. The second-order valence-corrected chi connectivity index (χ2v) is 7.61. The zero-order chi connectivity index (χ0) is 18.5. The van der Waals surface area contributed by atoms with E-state index in [0.29, 0.717) is 5.92 Å². The third-order valence-electron chi connectivity index (χ3n) is 5.65. The highest BCUT2D eigenvalue weighted by Gasteiger charge is 2.36. The first-order valence-corrected chi connectivity index (χ1v) is 10.1. The summed E-state index contributed by atoms with van der Waals surface area (Å²) < 4.78 is 0. The number of allylic oxidation sites excluding steroid dienone is 2. The van der Waals surface area contributed by atoms with Crippen molar-refractivity contribution in [2.24, 2.45) is 11.3 Å². The van der Waals surface area contributed by atoms with Gasteiger partial charge in [-0.25, -0.2) is 0 Å². The predicted molar refractivity (Wildman–Crippen MR) is 101 cm³/mol. The molecule has 25 heavy (non-hydrogen) atoms. The highest BCUT2D eigenvalue weighted by Crippen LogP contribution is 2.46. The summed E-state index contributed by atoms with van der Waals surface area (Å²) in [5.41, 5.74) is 0.185. The van der Waals surface area contributed by atoms with Crippen LogP contribution in [0.25, 0.3) is 0 Å². The Morgan fingerprint density at radius 1 is 1.00 bits per heavy atom. The maximum Gasteiger partial charge on any atom is 0.303 e. The van der Waals surface area contributed by atoms with Crippen molar-refractivity contribution in [1.29, 1.82) is 0 Å². The van der Waals surface area contributed by atoms with Gasteiger partial charge in [0.15, 0.2) is 0 Å². The van der Waals surface area contributed by atoms with Crippen LogP contribution in [-0.4, -0.2) is 22.2 Å². The molecule has 0 bridgehead atoms. The largest absolute Gasteiger partial charge is 0.481 e. The van der Waals surface area contributed by atoms with Gasteiger partial charge in [-0.3, -0.25) is 9.59 Å². The zero-order valence-electron chi connectivity index (χ0n) is 15.8. The van der Waals surface area contributed by atoms with Crippen molar-refractivity contribution in [1.82, 2.24) is 0 Å². The molecule has 0 fully saturated rings. The maximum atomic E-state index is 11.0. The average Bonchev–Trinajstić information content (AvgIpc) is 2.58. The molecule has 1 aliphatic rings. The quantitative estimate of drug-likeness (QED) is 0.305. The minimum absolute atomic E-state index is 0.185. The van der Waals surface area contributed by atoms with Crippen molar-refractivity contribution in [3.63, 3.8) is 0 Å². The van der Waals surface area contributed by atoms with Crippen LogP contribution in [-0.2, 0) is 9.59 Å². The third-order valence-corrected chi connectivity index (χ3v) is 5.65. The molecule has 0 amide bonds. The summed E-state index contributed by atoms with van der Waals surface area (Å²) in [5.74, 6) is -0.918. The fourth-order valence-corrected chi connectivity index (χ4v) is 4.33. The minimum atomic E-state index is -0.702. The molecule has 0 saturated heterocycles. The van der Waals surface area contributed by atoms with E-state index < -0.39 is 11.9 Å². The van der Waals surface area contributed by atoms with E-state index in [1.54, 1.807) is 0 Å². The van der Waals surface area contributed by atoms with E-state index in [1.165, 1.54) is 12.8 Å². The number of rotatable bonds is 14. The van der Waals surface area contributed by atoms with Crippen molar-refractivity contribution in [3.05, 3.63) is 12.2 Å². The Bertz CT molecular complexity index is 430. The second kappa shape index (κ2) is 12.1. The van der Waals surface area contributed by atoms with Gasteiger partial charge in [-0.15, -0.1) is 0 Å². The van der Waals surface area contributed by atoms with Gasteiger partial charge in [0.1, 0.15) is 0 Å². The van der Waals surface area contributed by atoms with Crippen molar-refractivity contribution in [2.45, 2.75) is 96.8 Å². The molecule has 2 atom stereocenters. The minimum Gasteiger partial charge on any atom is -0.481 e. The fraction of sp³-hybridized carbons (Fsp3) is 0.810. The highest BCUT2D eigenvalue weighted by atomic mass is 16.4. The molecule has 0 aromatic carbocycles. The lowest BCUT2D eigenvalue weighted by molar-refractivity contribution is -0.138. The molecule has 0 aromatic rings. The number of aliphatic carboxylic acids is 2. The number of carbonyl (C=O) groups is 2. The van der Waals surface area contributed by atoms with E-state index in [-0.39, 0.29) is 18.3 Å². The Morgan fingerprint density at radius 3 is 2.28 bits per heavy atom. The van der Waals surface area contributed by atoms with Gasteiger partial charge in [-0.05, 0) is 56.3 Å². The molecule has 0 aromatic heterocycles. The van der Waals surface area contributed by atoms with Gasteiger partial charge < -0.3 is 10.2 Å². The number of carboxylic acids is 2. The van der Waals surface area contributed by atoms with Gasteiger partial charge in [-0.1, -0.05) is 51.2 Å². The van der Waals surface area contributed by atoms with E-state index in [9.17, 15) is 9.59 Å². The Labute approximate surface area is 152 Å². The van der Waals surface area contributed by atoms with Crippen LogP contribution in [0.4, 0.5) is 0 Å². The lowest BCUT2D eigenvalue weighted by Gasteiger charge is -2.41. The Kier molecular flexibility index (Phi) is 10.5. The molecule has 1 rings (SSSR count). The molecule has 144 valence electrons. The van der Waals surface area contributed by atoms with E-state index in [2.05, 4.69) is 19.1 Å². The summed E-state index contributed by atoms with van der Waals surface area (Å²) in [6.07, 6.45) is 18.1. The van der Waals surface area contributed by atoms with Gasteiger partial charge in [-0.2, -0.15) is 0 Å². The van der Waals surface area contributed by atoms with E-state index in [1.807, 2.05) is 0 Å². The van der Waals surface area contributed by atoms with E-state index in [0.717, 1.165) is 64.2 Å². The summed E-state index contributed by atoms with van der Waals surface area (Å²) >= 11 is 0. The van der Waals surface area contributed by atoms with Gasteiger partial charge in [0.2, 0.25) is 0 Å². The van der Waals surface area contributed by atoms with Crippen molar-refractivity contribution < 1.29 is 19.8 Å². The van der Waals surface area contributed by atoms with Gasteiger partial charge >= 0.3 is 11.9 Å². The summed E-state index contributed by atoms with van der Waals surface area (Å²) in [6, 6.07) is 0. The molecule has 4 nitrogen and oxygen atoms in total. The Morgan fingerprint density at radius 2 is 1.68 bits per heavy atom. The molecule has 1 aliphatic carbocycles. The first-order valence-electron chi connectivity index (χ1n) is 10.1. The molecule has 4 heteroatoms. The Hall–Kier alpha value is -1.32. The van der Waals surface area contributed by atoms with Crippen LogP contribution in [0.1, 0.15) is 96.8 Å². The summed E-state index contributed by atoms with van der Waals surface area (Å²) in [5, 5.41) is 17.8. The van der Waals surface area contributed by atoms with Gasteiger partial charge in [0, 0.05) is 12.8 Å². The Balaban J connectivity index is 2.52. The van der Waals surface area contributed by atoms with Crippen molar-refractivity contribution in [3.8, 4) is 0 Å². The SMILES string of the molecule is CCCC(CCC(=O)O)C1(CCCCCCCC(=O)O)C=CCCC1. The number of hydrogen-bond acceptors (Lipinski definition) is 2. The van der Waals surface area contributed by atoms with Crippen LogP contribution in [0.5, 0.6) is 0 Å². The predicted octanol–water partition coefficient (Wildman–Crippen LogP) is 5.81. The zero-order valence-corrected chi connectivity index (χ0v) is 15.8. The smallest absolute Gasteiger partial charge is 0.303 e. The van der Waals surface area contributed by atoms with Gasteiger partial charge in [0.25, 0.3) is 0 Å². The molecule has 0 heterocycles. The van der Waals surface area contributed by atoms with Crippen LogP contribution in [0.2, 0.25) is 0 Å². The normalized spacial score (nSPS) is 21.2. The van der Waals surface area contributed by atoms with E-state index in [4.69, 9.17) is 10.2 Å². The van der Waals surface area contributed by atoms with Crippen LogP contribution in [0.15, 0.2) is 12.2 Å². The third kappa shape index (κ3) is 8.55. The first-order chi connectivity index (χ1) is 12.0. The summed E-state index contributed by atoms with van der Waals surface area (Å²) in [6.45, 7) is 2.19. The molecular formula is C21H36O4. The lowest BCUT2D eigenvalue weighted by Crippen LogP contribution is -2.31. The summed E-state index contributed by atoms with van der Waals surface area (Å²) in [7, 11) is 0. The average molecular weight is 353 g/mol. The first kappa shape index (κ1) is 21.7. The fourth-order valence-electron chi connectivity index (χ4n) is 4.33. The maximum absolute atomic E-state index is 11.0. The molecule has 0 radical (unpaired) electrons. The topological polar surface area (TPSA) is 74.6 Å². The van der Waals surface area contributed by atoms with Crippen LogP contribution < -0.4 is 0 Å².